The van der Waals surface area contributed by atoms with Gasteiger partial charge < -0.3 is 9.52 Å². The van der Waals surface area contributed by atoms with Crippen molar-refractivity contribution in [1.82, 2.24) is 15.1 Å². The number of anilines is 1. The van der Waals surface area contributed by atoms with E-state index in [0.717, 1.165) is 0 Å². The zero-order chi connectivity index (χ0) is 15.3. The first-order valence-corrected chi connectivity index (χ1v) is 6.41. The van der Waals surface area contributed by atoms with Gasteiger partial charge in [0.25, 0.3) is 0 Å². The SMILES string of the molecule is CCC(C(=O)O)N(C)CC(=O)Nc1nnc(C(C)C)o1. The van der Waals surface area contributed by atoms with Crippen molar-refractivity contribution in [1.29, 1.82) is 0 Å². The molecule has 0 aliphatic heterocycles. The Bertz CT molecular complexity index is 472. The molecule has 1 amide bonds. The summed E-state index contributed by atoms with van der Waals surface area (Å²) in [5.74, 6) is -0.841. The summed E-state index contributed by atoms with van der Waals surface area (Å²) in [5.41, 5.74) is 0. The number of nitrogens with zero attached hydrogens (tertiary/aromatic N) is 3. The average Bonchev–Trinajstić information content (AvgIpc) is 2.77. The summed E-state index contributed by atoms with van der Waals surface area (Å²) in [6.07, 6.45) is 0.414. The molecule has 0 aromatic carbocycles. The maximum absolute atomic E-state index is 11.8. The van der Waals surface area contributed by atoms with Gasteiger partial charge in [-0.1, -0.05) is 25.9 Å². The number of likely N-dealkylation sites (N-methyl/N-ethyl adjacent to an activating group) is 1. The molecule has 0 aliphatic rings. The van der Waals surface area contributed by atoms with Crippen molar-refractivity contribution in [3.8, 4) is 0 Å². The van der Waals surface area contributed by atoms with E-state index in [-0.39, 0.29) is 18.5 Å². The monoisotopic (exact) mass is 284 g/mol. The Labute approximate surface area is 117 Å². The predicted molar refractivity (Wildman–Crippen MR) is 71.4 cm³/mol. The number of carbonyl (C=O) groups excluding carboxylic acids is 1. The van der Waals surface area contributed by atoms with Crippen molar-refractivity contribution in [2.45, 2.75) is 39.2 Å². The first kappa shape index (κ1) is 16.1. The fourth-order valence-corrected chi connectivity index (χ4v) is 1.69. The van der Waals surface area contributed by atoms with Crippen LogP contribution in [0.15, 0.2) is 4.42 Å². The highest BCUT2D eigenvalue weighted by Crippen LogP contribution is 2.14. The first-order valence-electron chi connectivity index (χ1n) is 6.41. The van der Waals surface area contributed by atoms with Crippen molar-refractivity contribution in [3.05, 3.63) is 5.89 Å². The van der Waals surface area contributed by atoms with Gasteiger partial charge in [-0.25, -0.2) is 0 Å². The molecule has 8 nitrogen and oxygen atoms in total. The third kappa shape index (κ3) is 4.30. The summed E-state index contributed by atoms with van der Waals surface area (Å²) in [6, 6.07) is -0.676. The van der Waals surface area contributed by atoms with Crippen molar-refractivity contribution >= 4 is 17.9 Å². The molecule has 8 heteroatoms. The third-order valence-corrected chi connectivity index (χ3v) is 2.78. The van der Waals surface area contributed by atoms with Crippen LogP contribution in [0.1, 0.15) is 39.0 Å². The summed E-state index contributed by atoms with van der Waals surface area (Å²) < 4.78 is 5.24. The molecule has 0 aliphatic carbocycles. The number of nitrogens with one attached hydrogen (secondary N) is 1. The van der Waals surface area contributed by atoms with E-state index in [9.17, 15) is 9.59 Å². The second-order valence-corrected chi connectivity index (χ2v) is 4.83. The zero-order valence-electron chi connectivity index (χ0n) is 12.1. The lowest BCUT2D eigenvalue weighted by molar-refractivity contribution is -0.143. The van der Waals surface area contributed by atoms with Crippen LogP contribution in [0.5, 0.6) is 0 Å². The Balaban J connectivity index is 2.56. The van der Waals surface area contributed by atoms with E-state index >= 15 is 0 Å². The number of hydrogen-bond acceptors (Lipinski definition) is 6. The van der Waals surface area contributed by atoms with Crippen molar-refractivity contribution < 1.29 is 19.1 Å². The number of carbonyl (C=O) groups is 2. The van der Waals surface area contributed by atoms with Gasteiger partial charge >= 0.3 is 12.0 Å². The first-order chi connectivity index (χ1) is 9.35. The van der Waals surface area contributed by atoms with Crippen LogP contribution in [-0.2, 0) is 9.59 Å². The van der Waals surface area contributed by atoms with E-state index in [4.69, 9.17) is 9.52 Å². The van der Waals surface area contributed by atoms with Gasteiger partial charge in [0.2, 0.25) is 11.8 Å². The Morgan fingerprint density at radius 1 is 1.40 bits per heavy atom. The molecule has 2 N–H and O–H groups in total. The number of hydrogen-bond donors (Lipinski definition) is 2. The lowest BCUT2D eigenvalue weighted by atomic mass is 10.2. The lowest BCUT2D eigenvalue weighted by Gasteiger charge is -2.22. The maximum Gasteiger partial charge on any atom is 0.322 e. The number of aromatic nitrogens is 2. The molecule has 1 rings (SSSR count). The average molecular weight is 284 g/mol. The number of carboxylic acids is 1. The predicted octanol–water partition coefficient (Wildman–Crippen LogP) is 0.926. The molecular formula is C12H20N4O4. The molecule has 20 heavy (non-hydrogen) atoms. The molecule has 1 aromatic rings. The highest BCUT2D eigenvalue weighted by atomic mass is 16.4. The fourth-order valence-electron chi connectivity index (χ4n) is 1.69. The molecule has 0 bridgehead atoms. The highest BCUT2D eigenvalue weighted by molar-refractivity contribution is 5.90. The van der Waals surface area contributed by atoms with Crippen LogP contribution in [0, 0.1) is 0 Å². The van der Waals surface area contributed by atoms with Gasteiger partial charge in [-0.05, 0) is 13.5 Å². The van der Waals surface area contributed by atoms with E-state index in [0.29, 0.717) is 12.3 Å². The second-order valence-electron chi connectivity index (χ2n) is 4.83. The molecule has 1 atom stereocenters. The number of rotatable bonds is 7. The molecular weight excluding hydrogens is 264 g/mol. The molecule has 0 spiro atoms. The highest BCUT2D eigenvalue weighted by Gasteiger charge is 2.23. The molecule has 112 valence electrons. The van der Waals surface area contributed by atoms with Crippen molar-refractivity contribution in [2.75, 3.05) is 18.9 Å². The number of aliphatic carboxylic acids is 1. The minimum Gasteiger partial charge on any atom is -0.480 e. The van der Waals surface area contributed by atoms with Crippen LogP contribution in [-0.4, -0.2) is 51.7 Å². The van der Waals surface area contributed by atoms with Gasteiger partial charge in [0, 0.05) is 5.92 Å². The Morgan fingerprint density at radius 2 is 2.05 bits per heavy atom. The fraction of sp³-hybridized carbons (Fsp3) is 0.667. The van der Waals surface area contributed by atoms with Gasteiger partial charge in [0.05, 0.1) is 6.54 Å². The minimum atomic E-state index is -0.956. The normalized spacial score (nSPS) is 12.7. The summed E-state index contributed by atoms with van der Waals surface area (Å²) in [6.45, 7) is 5.47. The summed E-state index contributed by atoms with van der Waals surface area (Å²) in [7, 11) is 1.58. The van der Waals surface area contributed by atoms with E-state index in [1.807, 2.05) is 13.8 Å². The van der Waals surface area contributed by atoms with Gasteiger partial charge in [-0.2, -0.15) is 0 Å². The maximum atomic E-state index is 11.8. The second kappa shape index (κ2) is 6.99. The van der Waals surface area contributed by atoms with Gasteiger partial charge in [-0.3, -0.25) is 19.8 Å². The van der Waals surface area contributed by atoms with Gasteiger partial charge in [0.15, 0.2) is 0 Å². The van der Waals surface area contributed by atoms with Crippen LogP contribution in [0.25, 0.3) is 0 Å². The summed E-state index contributed by atoms with van der Waals surface area (Å²) in [4.78, 5) is 24.2. The zero-order valence-corrected chi connectivity index (χ0v) is 12.1. The van der Waals surface area contributed by atoms with Crippen LogP contribution >= 0.6 is 0 Å². The van der Waals surface area contributed by atoms with Crippen LogP contribution in [0.2, 0.25) is 0 Å². The Kier molecular flexibility index (Phi) is 5.63. The summed E-state index contributed by atoms with van der Waals surface area (Å²) >= 11 is 0. The number of amides is 1. The van der Waals surface area contributed by atoms with Crippen LogP contribution in [0.4, 0.5) is 6.01 Å². The quantitative estimate of drug-likeness (QED) is 0.766. The van der Waals surface area contributed by atoms with Crippen molar-refractivity contribution in [3.63, 3.8) is 0 Å². The summed E-state index contributed by atoms with van der Waals surface area (Å²) in [5, 5.41) is 18.9. The van der Waals surface area contributed by atoms with Crippen molar-refractivity contribution in [2.24, 2.45) is 0 Å². The molecule has 1 heterocycles. The van der Waals surface area contributed by atoms with Gasteiger partial charge in [0.1, 0.15) is 6.04 Å². The molecule has 0 fully saturated rings. The van der Waals surface area contributed by atoms with Crippen LogP contribution in [0.3, 0.4) is 0 Å². The van der Waals surface area contributed by atoms with Crippen LogP contribution < -0.4 is 5.32 Å². The standard InChI is InChI=1S/C12H20N4O4/c1-5-8(11(18)19)16(4)6-9(17)13-12-15-14-10(20-12)7(2)3/h7-8H,5-6H2,1-4H3,(H,18,19)(H,13,15,17). The minimum absolute atomic E-state index is 0.0236. The molecule has 1 aromatic heterocycles. The smallest absolute Gasteiger partial charge is 0.322 e. The molecule has 0 saturated carbocycles. The Hall–Kier alpha value is -1.96. The third-order valence-electron chi connectivity index (χ3n) is 2.78. The van der Waals surface area contributed by atoms with E-state index in [1.165, 1.54) is 4.90 Å². The lowest BCUT2D eigenvalue weighted by Crippen LogP contribution is -2.42. The van der Waals surface area contributed by atoms with E-state index < -0.39 is 17.9 Å². The molecule has 0 radical (unpaired) electrons. The van der Waals surface area contributed by atoms with E-state index in [1.54, 1.807) is 14.0 Å². The topological polar surface area (TPSA) is 109 Å². The molecule has 0 saturated heterocycles. The Morgan fingerprint density at radius 3 is 2.50 bits per heavy atom. The largest absolute Gasteiger partial charge is 0.480 e. The van der Waals surface area contributed by atoms with Gasteiger partial charge in [-0.15, -0.1) is 5.10 Å². The van der Waals surface area contributed by atoms with E-state index in [2.05, 4.69) is 15.5 Å². The number of carboxylic acid groups (broad SMARTS) is 1. The molecule has 1 unspecified atom stereocenters.